The number of hydrogen-bond donors (Lipinski definition) is 1. The fourth-order valence-corrected chi connectivity index (χ4v) is 8.27. The number of ether oxygens (including phenoxy) is 2. The Labute approximate surface area is 259 Å². The van der Waals surface area contributed by atoms with Crippen LogP contribution in [-0.2, 0) is 30.3 Å². The van der Waals surface area contributed by atoms with Crippen LogP contribution in [0.2, 0.25) is 0 Å². The molecule has 0 aliphatic carbocycles. The van der Waals surface area contributed by atoms with E-state index in [9.17, 15) is 19.5 Å². The summed E-state index contributed by atoms with van der Waals surface area (Å²) in [6.07, 6.45) is 1.73. The second-order valence-electron chi connectivity index (χ2n) is 11.5. The minimum atomic E-state index is -1.27. The lowest BCUT2D eigenvalue weighted by Gasteiger charge is -2.39. The quantitative estimate of drug-likeness (QED) is 0.201. The first-order chi connectivity index (χ1) is 20.8. The van der Waals surface area contributed by atoms with Crippen LogP contribution in [0.25, 0.3) is 10.8 Å². The monoisotopic (exact) mass is 646 g/mol. The molecule has 6 rings (SSSR count). The van der Waals surface area contributed by atoms with Gasteiger partial charge in [-0.3, -0.25) is 14.4 Å². The zero-order chi connectivity index (χ0) is 30.3. The number of rotatable bonds is 10. The molecule has 8 nitrogen and oxygen atoms in total. The summed E-state index contributed by atoms with van der Waals surface area (Å²) < 4.78 is 12.0. The number of amides is 2. The maximum Gasteiger partial charge on any atom is 0.312 e. The smallest absolute Gasteiger partial charge is 0.312 e. The lowest BCUT2D eigenvalue weighted by atomic mass is 9.70. The number of esters is 1. The van der Waals surface area contributed by atoms with Gasteiger partial charge in [-0.05, 0) is 48.2 Å². The van der Waals surface area contributed by atoms with Crippen molar-refractivity contribution in [3.63, 3.8) is 0 Å². The van der Waals surface area contributed by atoms with Gasteiger partial charge in [0.25, 0.3) is 5.91 Å². The summed E-state index contributed by atoms with van der Waals surface area (Å²) in [7, 11) is 0. The van der Waals surface area contributed by atoms with Crippen molar-refractivity contribution in [2.45, 2.75) is 48.4 Å². The first kappa shape index (κ1) is 29.5. The number of hydrogen-bond acceptors (Lipinski definition) is 6. The first-order valence-corrected chi connectivity index (χ1v) is 15.6. The van der Waals surface area contributed by atoms with Crippen molar-refractivity contribution in [3.05, 3.63) is 91.0 Å². The van der Waals surface area contributed by atoms with Crippen molar-refractivity contribution >= 4 is 50.2 Å². The molecule has 3 aromatic carbocycles. The van der Waals surface area contributed by atoms with Crippen LogP contribution in [0.5, 0.6) is 0 Å². The van der Waals surface area contributed by atoms with Crippen molar-refractivity contribution in [3.8, 4) is 0 Å². The third kappa shape index (κ3) is 4.87. The van der Waals surface area contributed by atoms with Gasteiger partial charge in [0.05, 0.1) is 37.2 Å². The number of anilines is 1. The lowest BCUT2D eigenvalue weighted by Crippen LogP contribution is -2.59. The Balaban J connectivity index is 1.47. The number of fused-ring (bicyclic) bond motifs is 2. The van der Waals surface area contributed by atoms with E-state index < -0.39 is 41.6 Å². The molecule has 3 heterocycles. The number of benzene rings is 3. The van der Waals surface area contributed by atoms with E-state index in [1.54, 1.807) is 17.9 Å². The highest BCUT2D eigenvalue weighted by Crippen LogP contribution is 2.61. The van der Waals surface area contributed by atoms with Gasteiger partial charge in [-0.2, -0.15) is 0 Å². The van der Waals surface area contributed by atoms with Crippen molar-refractivity contribution < 1.29 is 29.0 Å². The standard InChI is InChI=1S/C34H35BrN2O6/c1-3-16-36(24-15-14-22-12-8-9-13-23(22)18-24)32(40)30-34-19-26(35)29(43-34)27(33(41)42-4-2)28(34)31(39)37(30)25(20-38)17-21-10-6-5-7-11-21/h3,5-15,18,25-30,38H,1,4,16-17,19-20H2,2H3/t25-,26?,27-,28+,29-,30?,34?/m1/s1. The maximum atomic E-state index is 14.9. The molecule has 3 aliphatic heterocycles. The lowest BCUT2D eigenvalue weighted by molar-refractivity contribution is -0.155. The normalized spacial score (nSPS) is 28.1. The molecule has 224 valence electrons. The van der Waals surface area contributed by atoms with Crippen LogP contribution in [0.15, 0.2) is 85.5 Å². The molecule has 7 atom stereocenters. The molecule has 2 bridgehead atoms. The van der Waals surface area contributed by atoms with Crippen LogP contribution in [-0.4, -0.2) is 76.2 Å². The van der Waals surface area contributed by atoms with Crippen LogP contribution < -0.4 is 4.90 Å². The number of alkyl halides is 1. The summed E-state index contributed by atoms with van der Waals surface area (Å²) in [6, 6.07) is 21.4. The van der Waals surface area contributed by atoms with E-state index >= 15 is 0 Å². The molecule has 3 aromatic rings. The van der Waals surface area contributed by atoms with Crippen molar-refractivity contribution in [2.24, 2.45) is 11.8 Å². The Morgan fingerprint density at radius 1 is 1.16 bits per heavy atom. The Kier molecular flexibility index (Phi) is 8.15. The Morgan fingerprint density at radius 2 is 1.88 bits per heavy atom. The van der Waals surface area contributed by atoms with Crippen LogP contribution in [0, 0.1) is 11.8 Å². The number of aliphatic hydroxyl groups excluding tert-OH is 1. The number of carbonyl (C=O) groups is 3. The molecule has 0 saturated carbocycles. The molecule has 1 spiro atoms. The van der Waals surface area contributed by atoms with E-state index in [1.807, 2.05) is 72.8 Å². The van der Waals surface area contributed by atoms with Gasteiger partial charge in [0.2, 0.25) is 5.91 Å². The van der Waals surface area contributed by atoms with E-state index in [2.05, 4.69) is 22.5 Å². The second kappa shape index (κ2) is 11.9. The summed E-state index contributed by atoms with van der Waals surface area (Å²) in [6.45, 7) is 5.62. The summed E-state index contributed by atoms with van der Waals surface area (Å²) in [5.41, 5.74) is 0.299. The van der Waals surface area contributed by atoms with Crippen molar-refractivity contribution in [2.75, 3.05) is 24.7 Å². The zero-order valence-electron chi connectivity index (χ0n) is 24.0. The summed E-state index contributed by atoms with van der Waals surface area (Å²) in [4.78, 5) is 45.6. The average molecular weight is 648 g/mol. The number of halogens is 1. The Bertz CT molecular complexity index is 1550. The minimum absolute atomic E-state index is 0.164. The summed E-state index contributed by atoms with van der Waals surface area (Å²) in [5.74, 6) is -3.00. The fraction of sp³-hybridized carbons (Fsp3) is 0.382. The fourth-order valence-electron chi connectivity index (χ4n) is 7.33. The average Bonchev–Trinajstić information content (AvgIpc) is 3.62. The SMILES string of the molecule is C=CCN(C(=O)C1N([C@@H](CO)Cc2ccccc2)C(=O)[C@@H]2[C@@H](C(=O)OCC)[C@@H]3OC12CC3Br)c1ccc2ccccc2c1. The van der Waals surface area contributed by atoms with Gasteiger partial charge in [-0.25, -0.2) is 0 Å². The molecule has 3 fully saturated rings. The highest BCUT2D eigenvalue weighted by molar-refractivity contribution is 9.09. The van der Waals surface area contributed by atoms with Gasteiger partial charge in [-0.1, -0.05) is 82.7 Å². The molecular weight excluding hydrogens is 612 g/mol. The molecule has 9 heteroatoms. The molecule has 43 heavy (non-hydrogen) atoms. The van der Waals surface area contributed by atoms with E-state index in [0.29, 0.717) is 18.5 Å². The van der Waals surface area contributed by atoms with Gasteiger partial charge in [0.1, 0.15) is 11.6 Å². The molecule has 3 saturated heterocycles. The van der Waals surface area contributed by atoms with E-state index in [4.69, 9.17) is 9.47 Å². The number of likely N-dealkylation sites (tertiary alicyclic amines) is 1. The van der Waals surface area contributed by atoms with E-state index in [1.165, 1.54) is 4.90 Å². The predicted octanol–water partition coefficient (Wildman–Crippen LogP) is 4.27. The Morgan fingerprint density at radius 3 is 2.58 bits per heavy atom. The van der Waals surface area contributed by atoms with Crippen molar-refractivity contribution in [1.29, 1.82) is 0 Å². The molecule has 1 N–H and O–H groups in total. The van der Waals surface area contributed by atoms with Gasteiger partial charge < -0.3 is 24.4 Å². The van der Waals surface area contributed by atoms with Crippen LogP contribution in [0.4, 0.5) is 5.69 Å². The molecule has 3 aliphatic rings. The van der Waals surface area contributed by atoms with Gasteiger partial charge in [-0.15, -0.1) is 6.58 Å². The third-order valence-corrected chi connectivity index (χ3v) is 9.91. The zero-order valence-corrected chi connectivity index (χ0v) is 25.6. The van der Waals surface area contributed by atoms with Crippen LogP contribution in [0.3, 0.4) is 0 Å². The van der Waals surface area contributed by atoms with Gasteiger partial charge >= 0.3 is 5.97 Å². The molecule has 0 radical (unpaired) electrons. The highest BCUT2D eigenvalue weighted by atomic mass is 79.9. The number of carbonyl (C=O) groups excluding carboxylic acids is 3. The topological polar surface area (TPSA) is 96.4 Å². The molecule has 3 unspecified atom stereocenters. The Hall–Kier alpha value is -3.53. The summed E-state index contributed by atoms with van der Waals surface area (Å²) in [5, 5.41) is 12.7. The minimum Gasteiger partial charge on any atom is -0.466 e. The van der Waals surface area contributed by atoms with Crippen molar-refractivity contribution in [1.82, 2.24) is 4.90 Å². The number of nitrogens with zero attached hydrogens (tertiary/aromatic N) is 2. The highest BCUT2D eigenvalue weighted by Gasteiger charge is 2.77. The first-order valence-electron chi connectivity index (χ1n) is 14.7. The van der Waals surface area contributed by atoms with E-state index in [-0.39, 0.29) is 36.4 Å². The van der Waals surface area contributed by atoms with E-state index in [0.717, 1.165) is 16.3 Å². The maximum absolute atomic E-state index is 14.9. The number of aliphatic hydroxyl groups is 1. The van der Waals surface area contributed by atoms with Gasteiger partial charge in [0, 0.05) is 17.1 Å². The van der Waals surface area contributed by atoms with Crippen LogP contribution in [0.1, 0.15) is 18.9 Å². The predicted molar refractivity (Wildman–Crippen MR) is 167 cm³/mol. The van der Waals surface area contributed by atoms with Crippen LogP contribution >= 0.6 is 15.9 Å². The third-order valence-electron chi connectivity index (χ3n) is 9.06. The summed E-state index contributed by atoms with van der Waals surface area (Å²) >= 11 is 3.70. The molecule has 0 aromatic heterocycles. The second-order valence-corrected chi connectivity index (χ2v) is 12.6. The molecular formula is C34H35BrN2O6. The van der Waals surface area contributed by atoms with Gasteiger partial charge in [0.15, 0.2) is 0 Å². The molecule has 2 amide bonds. The largest absolute Gasteiger partial charge is 0.466 e.